The molecule has 2 aromatic carbocycles. The summed E-state index contributed by atoms with van der Waals surface area (Å²) in [6.07, 6.45) is -4.53. The van der Waals surface area contributed by atoms with Gasteiger partial charge in [-0.05, 0) is 36.4 Å². The predicted octanol–water partition coefficient (Wildman–Crippen LogP) is 4.75. The van der Waals surface area contributed by atoms with Crippen molar-refractivity contribution in [3.05, 3.63) is 64.4 Å². The van der Waals surface area contributed by atoms with Crippen molar-refractivity contribution in [3.8, 4) is 0 Å². The van der Waals surface area contributed by atoms with Gasteiger partial charge in [0, 0.05) is 10.7 Å². The molecule has 0 atom stereocenters. The van der Waals surface area contributed by atoms with E-state index in [0.717, 1.165) is 30.3 Å². The lowest BCUT2D eigenvalue weighted by atomic mass is 10.1. The summed E-state index contributed by atoms with van der Waals surface area (Å²) in [6, 6.07) is 7.42. The first-order chi connectivity index (χ1) is 9.77. The van der Waals surface area contributed by atoms with Gasteiger partial charge < -0.3 is 5.32 Å². The smallest absolute Gasteiger partial charge is 0.322 e. The number of amides is 1. The number of carbonyl (C=O) groups is 1. The number of rotatable bonds is 2. The van der Waals surface area contributed by atoms with Crippen molar-refractivity contribution in [2.75, 3.05) is 5.32 Å². The second-order valence-corrected chi connectivity index (χ2v) is 4.59. The SMILES string of the molecule is O=C(Nc1cccc(C(F)(F)F)c1)c1cc(Cl)ccc1F. The zero-order valence-corrected chi connectivity index (χ0v) is 11.1. The Kier molecular flexibility index (Phi) is 4.18. The third kappa shape index (κ3) is 3.72. The van der Waals surface area contributed by atoms with Gasteiger partial charge >= 0.3 is 6.18 Å². The molecule has 0 spiro atoms. The monoisotopic (exact) mass is 317 g/mol. The molecular weight excluding hydrogens is 310 g/mol. The minimum atomic E-state index is -4.53. The van der Waals surface area contributed by atoms with E-state index in [2.05, 4.69) is 5.32 Å². The van der Waals surface area contributed by atoms with Crippen molar-refractivity contribution >= 4 is 23.2 Å². The Balaban J connectivity index is 2.26. The zero-order valence-electron chi connectivity index (χ0n) is 10.3. The number of carbonyl (C=O) groups excluding carboxylic acids is 1. The molecule has 0 aliphatic heterocycles. The van der Waals surface area contributed by atoms with Crippen molar-refractivity contribution in [2.45, 2.75) is 6.18 Å². The van der Waals surface area contributed by atoms with E-state index >= 15 is 0 Å². The lowest BCUT2D eigenvalue weighted by molar-refractivity contribution is -0.137. The van der Waals surface area contributed by atoms with Crippen LogP contribution in [-0.2, 0) is 6.18 Å². The number of nitrogens with one attached hydrogen (secondary N) is 1. The molecule has 0 radical (unpaired) electrons. The van der Waals surface area contributed by atoms with Crippen molar-refractivity contribution in [3.63, 3.8) is 0 Å². The Morgan fingerprint density at radius 2 is 1.81 bits per heavy atom. The van der Waals surface area contributed by atoms with Crippen LogP contribution in [0.4, 0.5) is 23.2 Å². The van der Waals surface area contributed by atoms with Crippen LogP contribution in [0.3, 0.4) is 0 Å². The summed E-state index contributed by atoms with van der Waals surface area (Å²) < 4.78 is 51.2. The maximum Gasteiger partial charge on any atom is 0.416 e. The molecule has 0 saturated heterocycles. The standard InChI is InChI=1S/C14H8ClF4NO/c15-9-4-5-12(16)11(7-9)13(21)20-10-3-1-2-8(6-10)14(17,18)19/h1-7H,(H,20,21). The summed E-state index contributed by atoms with van der Waals surface area (Å²) in [5.74, 6) is -1.70. The highest BCUT2D eigenvalue weighted by molar-refractivity contribution is 6.31. The van der Waals surface area contributed by atoms with Gasteiger partial charge in [0.2, 0.25) is 0 Å². The summed E-state index contributed by atoms with van der Waals surface area (Å²) in [6.45, 7) is 0. The lowest BCUT2D eigenvalue weighted by Gasteiger charge is -2.10. The van der Waals surface area contributed by atoms with Gasteiger partial charge in [0.25, 0.3) is 5.91 Å². The number of alkyl halides is 3. The molecular formula is C14H8ClF4NO. The lowest BCUT2D eigenvalue weighted by Crippen LogP contribution is -2.14. The highest BCUT2D eigenvalue weighted by atomic mass is 35.5. The van der Waals surface area contributed by atoms with Gasteiger partial charge in [-0.2, -0.15) is 13.2 Å². The fraction of sp³-hybridized carbons (Fsp3) is 0.0714. The molecule has 21 heavy (non-hydrogen) atoms. The van der Waals surface area contributed by atoms with Gasteiger partial charge in [0.05, 0.1) is 11.1 Å². The number of hydrogen-bond acceptors (Lipinski definition) is 1. The molecule has 0 aromatic heterocycles. The second kappa shape index (κ2) is 5.73. The van der Waals surface area contributed by atoms with E-state index in [1.807, 2.05) is 0 Å². The summed E-state index contributed by atoms with van der Waals surface area (Å²) in [7, 11) is 0. The Bertz CT molecular complexity index is 685. The first kappa shape index (κ1) is 15.3. The van der Waals surface area contributed by atoms with E-state index in [0.29, 0.717) is 0 Å². The second-order valence-electron chi connectivity index (χ2n) is 4.16. The van der Waals surface area contributed by atoms with Gasteiger partial charge in [-0.25, -0.2) is 4.39 Å². The third-order valence-corrected chi connectivity index (χ3v) is 2.86. The molecule has 0 bridgehead atoms. The molecule has 0 heterocycles. The van der Waals surface area contributed by atoms with Crippen molar-refractivity contribution in [2.24, 2.45) is 0 Å². The zero-order chi connectivity index (χ0) is 15.6. The number of anilines is 1. The van der Waals surface area contributed by atoms with Crippen LogP contribution in [0.1, 0.15) is 15.9 Å². The normalized spacial score (nSPS) is 11.3. The van der Waals surface area contributed by atoms with E-state index in [4.69, 9.17) is 11.6 Å². The van der Waals surface area contributed by atoms with E-state index in [1.165, 1.54) is 12.1 Å². The summed E-state index contributed by atoms with van der Waals surface area (Å²) in [5.41, 5.74) is -1.35. The minimum Gasteiger partial charge on any atom is -0.322 e. The van der Waals surface area contributed by atoms with Gasteiger partial charge in [-0.15, -0.1) is 0 Å². The quantitative estimate of drug-likeness (QED) is 0.796. The Morgan fingerprint density at radius 3 is 2.48 bits per heavy atom. The molecule has 0 fully saturated rings. The van der Waals surface area contributed by atoms with Crippen LogP contribution in [0.5, 0.6) is 0 Å². The third-order valence-electron chi connectivity index (χ3n) is 2.62. The van der Waals surface area contributed by atoms with Crippen molar-refractivity contribution in [1.82, 2.24) is 0 Å². The maximum atomic E-state index is 13.5. The van der Waals surface area contributed by atoms with Gasteiger partial charge in [-0.1, -0.05) is 17.7 Å². The minimum absolute atomic E-state index is 0.0887. The first-order valence-electron chi connectivity index (χ1n) is 5.71. The van der Waals surface area contributed by atoms with E-state index in [1.54, 1.807) is 0 Å². The molecule has 0 aliphatic rings. The fourth-order valence-corrected chi connectivity index (χ4v) is 1.82. The molecule has 0 aliphatic carbocycles. The molecule has 2 nitrogen and oxygen atoms in total. The van der Waals surface area contributed by atoms with Gasteiger partial charge in [0.15, 0.2) is 0 Å². The van der Waals surface area contributed by atoms with Gasteiger partial charge in [0.1, 0.15) is 5.82 Å². The highest BCUT2D eigenvalue weighted by Crippen LogP contribution is 2.30. The van der Waals surface area contributed by atoms with Crippen molar-refractivity contribution in [1.29, 1.82) is 0 Å². The molecule has 0 saturated carbocycles. The first-order valence-corrected chi connectivity index (χ1v) is 6.09. The summed E-state index contributed by atoms with van der Waals surface area (Å²) in [4.78, 5) is 11.9. The Morgan fingerprint density at radius 1 is 1.10 bits per heavy atom. The summed E-state index contributed by atoms with van der Waals surface area (Å²) >= 11 is 5.65. The number of hydrogen-bond donors (Lipinski definition) is 1. The molecule has 1 amide bonds. The van der Waals surface area contributed by atoms with Crippen LogP contribution in [-0.4, -0.2) is 5.91 Å². The maximum absolute atomic E-state index is 13.5. The van der Waals surface area contributed by atoms with Crippen LogP contribution in [0.15, 0.2) is 42.5 Å². The predicted molar refractivity (Wildman–Crippen MR) is 70.8 cm³/mol. The molecule has 1 N–H and O–H groups in total. The van der Waals surface area contributed by atoms with E-state index < -0.39 is 23.5 Å². The highest BCUT2D eigenvalue weighted by Gasteiger charge is 2.30. The molecule has 110 valence electrons. The van der Waals surface area contributed by atoms with Crippen molar-refractivity contribution < 1.29 is 22.4 Å². The van der Waals surface area contributed by atoms with Gasteiger partial charge in [-0.3, -0.25) is 4.79 Å². The topological polar surface area (TPSA) is 29.1 Å². The number of benzene rings is 2. The molecule has 2 aromatic rings. The fourth-order valence-electron chi connectivity index (χ4n) is 1.64. The van der Waals surface area contributed by atoms with Crippen LogP contribution >= 0.6 is 11.6 Å². The van der Waals surface area contributed by atoms with Crippen LogP contribution in [0.2, 0.25) is 5.02 Å². The van der Waals surface area contributed by atoms with Crippen LogP contribution in [0, 0.1) is 5.82 Å². The van der Waals surface area contributed by atoms with E-state index in [-0.39, 0.29) is 16.3 Å². The largest absolute Gasteiger partial charge is 0.416 e. The average Bonchev–Trinajstić information content (AvgIpc) is 2.41. The molecule has 7 heteroatoms. The Labute approximate surface area is 122 Å². The van der Waals surface area contributed by atoms with Crippen LogP contribution < -0.4 is 5.32 Å². The average molecular weight is 318 g/mol. The number of halogens is 5. The Hall–Kier alpha value is -2.08. The van der Waals surface area contributed by atoms with E-state index in [9.17, 15) is 22.4 Å². The molecule has 0 unspecified atom stereocenters. The van der Waals surface area contributed by atoms with Crippen LogP contribution in [0.25, 0.3) is 0 Å². The molecule has 2 rings (SSSR count). The summed E-state index contributed by atoms with van der Waals surface area (Å²) in [5, 5.41) is 2.35.